The zero-order chi connectivity index (χ0) is 17.8. The highest BCUT2D eigenvalue weighted by Crippen LogP contribution is 2.44. The quantitative estimate of drug-likeness (QED) is 0.808. The molecule has 1 saturated carbocycles. The molecule has 1 aliphatic rings. The fourth-order valence-electron chi connectivity index (χ4n) is 2.73. The number of amides is 2. The second-order valence-corrected chi connectivity index (χ2v) is 5.68. The molecule has 2 N–H and O–H groups in total. The van der Waals surface area contributed by atoms with Crippen LogP contribution in [0.4, 0.5) is 5.69 Å². The smallest absolute Gasteiger partial charge is 0.313 e. The summed E-state index contributed by atoms with van der Waals surface area (Å²) in [5, 5.41) is 5.25. The Morgan fingerprint density at radius 2 is 1.88 bits per heavy atom. The van der Waals surface area contributed by atoms with Crippen LogP contribution in [0.3, 0.4) is 0 Å². The molecule has 2 amide bonds. The van der Waals surface area contributed by atoms with E-state index >= 15 is 0 Å². The number of aromatic nitrogens is 1. The lowest BCUT2D eigenvalue weighted by molar-refractivity contribution is -0.136. The van der Waals surface area contributed by atoms with Gasteiger partial charge in [0.1, 0.15) is 11.4 Å². The Morgan fingerprint density at radius 1 is 1.08 bits per heavy atom. The van der Waals surface area contributed by atoms with Gasteiger partial charge in [-0.1, -0.05) is 18.2 Å². The molecule has 1 aliphatic carbocycles. The van der Waals surface area contributed by atoms with Gasteiger partial charge >= 0.3 is 11.8 Å². The highest BCUT2D eigenvalue weighted by molar-refractivity contribution is 6.39. The summed E-state index contributed by atoms with van der Waals surface area (Å²) < 4.78 is 10.4. The normalized spacial score (nSPS) is 18.2. The Morgan fingerprint density at radius 3 is 2.64 bits per heavy atom. The van der Waals surface area contributed by atoms with Gasteiger partial charge in [0.05, 0.1) is 14.2 Å². The van der Waals surface area contributed by atoms with E-state index < -0.39 is 11.8 Å². The third-order valence-corrected chi connectivity index (χ3v) is 4.06. The van der Waals surface area contributed by atoms with Gasteiger partial charge in [-0.2, -0.15) is 0 Å². The molecule has 2 atom stereocenters. The monoisotopic (exact) mass is 341 g/mol. The molecule has 1 heterocycles. The Balaban J connectivity index is 1.59. The number of para-hydroxylation sites is 1. The van der Waals surface area contributed by atoms with Crippen LogP contribution in [0, 0.1) is 0 Å². The van der Waals surface area contributed by atoms with Gasteiger partial charge in [0, 0.05) is 18.2 Å². The van der Waals surface area contributed by atoms with E-state index in [-0.39, 0.29) is 17.8 Å². The molecule has 25 heavy (non-hydrogen) atoms. The fraction of sp³-hybridized carbons (Fsp3) is 0.278. The molecule has 1 aromatic carbocycles. The number of rotatable bonds is 5. The molecule has 7 nitrogen and oxygen atoms in total. The SMILES string of the molecule is COc1ccccc1[C@@H]1C[C@@H]1NC(=O)C(=O)Nc1cccnc1OC. The van der Waals surface area contributed by atoms with Crippen LogP contribution in [-0.4, -0.2) is 37.1 Å². The van der Waals surface area contributed by atoms with Crippen molar-refractivity contribution in [2.75, 3.05) is 19.5 Å². The molecule has 0 unspecified atom stereocenters. The molecular weight excluding hydrogens is 322 g/mol. The first kappa shape index (κ1) is 16.8. The van der Waals surface area contributed by atoms with E-state index in [1.54, 1.807) is 19.2 Å². The number of methoxy groups -OCH3 is 2. The molecular formula is C18H19N3O4. The highest BCUT2D eigenvalue weighted by Gasteiger charge is 2.42. The number of carbonyl (C=O) groups is 2. The van der Waals surface area contributed by atoms with Crippen molar-refractivity contribution in [3.8, 4) is 11.6 Å². The van der Waals surface area contributed by atoms with Crippen molar-refractivity contribution < 1.29 is 19.1 Å². The Labute approximate surface area is 145 Å². The average Bonchev–Trinajstić information content (AvgIpc) is 3.40. The molecule has 7 heteroatoms. The van der Waals surface area contributed by atoms with E-state index in [1.165, 1.54) is 13.3 Å². The lowest BCUT2D eigenvalue weighted by Crippen LogP contribution is -2.37. The van der Waals surface area contributed by atoms with Gasteiger partial charge in [0.15, 0.2) is 0 Å². The zero-order valence-corrected chi connectivity index (χ0v) is 14.0. The largest absolute Gasteiger partial charge is 0.496 e. The van der Waals surface area contributed by atoms with E-state index in [0.29, 0.717) is 5.69 Å². The summed E-state index contributed by atoms with van der Waals surface area (Å²) in [4.78, 5) is 28.2. The molecule has 0 aliphatic heterocycles. The van der Waals surface area contributed by atoms with Gasteiger partial charge in [0.2, 0.25) is 5.88 Å². The van der Waals surface area contributed by atoms with Crippen molar-refractivity contribution in [2.24, 2.45) is 0 Å². The number of nitrogens with one attached hydrogen (secondary N) is 2. The number of pyridine rings is 1. The Hall–Kier alpha value is -3.09. The van der Waals surface area contributed by atoms with Crippen LogP contribution < -0.4 is 20.1 Å². The van der Waals surface area contributed by atoms with Gasteiger partial charge in [0.25, 0.3) is 0 Å². The predicted molar refractivity (Wildman–Crippen MR) is 91.7 cm³/mol. The molecule has 2 aromatic rings. The summed E-state index contributed by atoms with van der Waals surface area (Å²) in [5.41, 5.74) is 1.38. The van der Waals surface area contributed by atoms with Crippen LogP contribution in [0.1, 0.15) is 17.9 Å². The van der Waals surface area contributed by atoms with E-state index in [9.17, 15) is 9.59 Å². The number of hydrogen-bond donors (Lipinski definition) is 2. The molecule has 3 rings (SSSR count). The lowest BCUT2D eigenvalue weighted by Gasteiger charge is -2.10. The standard InChI is InChI=1S/C18H19N3O4/c1-24-15-8-4-3-6-11(15)12-10-14(12)21-17(23)16(22)20-13-7-5-9-19-18(13)25-2/h3-9,12,14H,10H2,1-2H3,(H,20,22)(H,21,23)/t12-,14-/m0/s1. The number of anilines is 1. The topological polar surface area (TPSA) is 89.5 Å². The van der Waals surface area contributed by atoms with Crippen LogP contribution in [0.25, 0.3) is 0 Å². The minimum Gasteiger partial charge on any atom is -0.496 e. The van der Waals surface area contributed by atoms with Crippen molar-refractivity contribution in [1.82, 2.24) is 10.3 Å². The molecule has 0 bridgehead atoms. The zero-order valence-electron chi connectivity index (χ0n) is 14.0. The summed E-state index contributed by atoms with van der Waals surface area (Å²) in [6.07, 6.45) is 2.31. The van der Waals surface area contributed by atoms with Gasteiger partial charge < -0.3 is 20.1 Å². The fourth-order valence-corrected chi connectivity index (χ4v) is 2.73. The van der Waals surface area contributed by atoms with E-state index in [2.05, 4.69) is 15.6 Å². The number of hydrogen-bond acceptors (Lipinski definition) is 5. The van der Waals surface area contributed by atoms with Gasteiger partial charge in [-0.05, 0) is 30.2 Å². The third kappa shape index (κ3) is 3.71. The van der Waals surface area contributed by atoms with Gasteiger partial charge in [-0.15, -0.1) is 0 Å². The number of carbonyl (C=O) groups excluding carboxylic acids is 2. The van der Waals surface area contributed by atoms with Crippen molar-refractivity contribution in [3.05, 3.63) is 48.2 Å². The van der Waals surface area contributed by atoms with Crippen molar-refractivity contribution in [2.45, 2.75) is 18.4 Å². The molecule has 0 saturated heterocycles. The van der Waals surface area contributed by atoms with E-state index in [0.717, 1.165) is 17.7 Å². The minimum absolute atomic E-state index is 0.0784. The highest BCUT2D eigenvalue weighted by atomic mass is 16.5. The summed E-state index contributed by atoms with van der Waals surface area (Å²) >= 11 is 0. The predicted octanol–water partition coefficient (Wildman–Crippen LogP) is 1.71. The van der Waals surface area contributed by atoms with Crippen LogP contribution >= 0.6 is 0 Å². The number of nitrogens with zero attached hydrogens (tertiary/aromatic N) is 1. The molecule has 1 fully saturated rings. The molecule has 0 spiro atoms. The van der Waals surface area contributed by atoms with Crippen LogP contribution in [0.2, 0.25) is 0 Å². The second kappa shape index (κ2) is 7.21. The Bertz CT molecular complexity index is 793. The van der Waals surface area contributed by atoms with Crippen LogP contribution in [0.5, 0.6) is 11.6 Å². The second-order valence-electron chi connectivity index (χ2n) is 5.68. The summed E-state index contributed by atoms with van der Waals surface area (Å²) in [5.74, 6) is -0.248. The maximum absolute atomic E-state index is 12.1. The lowest BCUT2D eigenvalue weighted by atomic mass is 10.1. The van der Waals surface area contributed by atoms with Gasteiger partial charge in [-0.3, -0.25) is 9.59 Å². The van der Waals surface area contributed by atoms with Crippen molar-refractivity contribution in [1.29, 1.82) is 0 Å². The molecule has 0 radical (unpaired) electrons. The van der Waals surface area contributed by atoms with Crippen molar-refractivity contribution in [3.63, 3.8) is 0 Å². The van der Waals surface area contributed by atoms with E-state index in [4.69, 9.17) is 9.47 Å². The van der Waals surface area contributed by atoms with Crippen LogP contribution in [-0.2, 0) is 9.59 Å². The maximum Gasteiger partial charge on any atom is 0.313 e. The Kier molecular flexibility index (Phi) is 4.83. The summed E-state index contributed by atoms with van der Waals surface area (Å²) in [6, 6.07) is 10.9. The third-order valence-electron chi connectivity index (χ3n) is 4.06. The van der Waals surface area contributed by atoms with E-state index in [1.807, 2.05) is 24.3 Å². The number of ether oxygens (including phenoxy) is 2. The van der Waals surface area contributed by atoms with Crippen LogP contribution in [0.15, 0.2) is 42.6 Å². The number of benzene rings is 1. The first-order valence-electron chi connectivity index (χ1n) is 7.87. The molecule has 130 valence electrons. The summed E-state index contributed by atoms with van der Waals surface area (Å²) in [6.45, 7) is 0. The first-order valence-corrected chi connectivity index (χ1v) is 7.87. The van der Waals surface area contributed by atoms with Crippen molar-refractivity contribution >= 4 is 17.5 Å². The summed E-state index contributed by atoms with van der Waals surface area (Å²) in [7, 11) is 3.06. The maximum atomic E-state index is 12.1. The average molecular weight is 341 g/mol. The van der Waals surface area contributed by atoms with Gasteiger partial charge in [-0.25, -0.2) is 4.98 Å². The molecule has 1 aromatic heterocycles. The first-order chi connectivity index (χ1) is 12.1. The minimum atomic E-state index is -0.753.